The Bertz CT molecular complexity index is 90.3. The Labute approximate surface area is 129 Å². The van der Waals surface area contributed by atoms with Gasteiger partial charge in [-0.3, -0.25) is 0 Å². The summed E-state index contributed by atoms with van der Waals surface area (Å²) < 4.78 is 0. The molecule has 2 rings (SSSR count). The van der Waals surface area contributed by atoms with Crippen LogP contribution in [0, 0.1) is 76.0 Å². The van der Waals surface area contributed by atoms with Gasteiger partial charge in [-0.05, 0) is 76.0 Å². The van der Waals surface area contributed by atoms with Gasteiger partial charge in [0.1, 0.15) is 0 Å². The van der Waals surface area contributed by atoms with Crippen molar-refractivity contribution in [3.05, 3.63) is 76.0 Å². The van der Waals surface area contributed by atoms with Crippen LogP contribution in [0.3, 0.4) is 0 Å². The predicted octanol–water partition coefficient (Wildman–Crippen LogP) is 4.26. The third-order valence-corrected chi connectivity index (χ3v) is 2.11. The second-order valence-electron chi connectivity index (χ2n) is 3.92. The zero-order chi connectivity index (χ0) is 12.2. The summed E-state index contributed by atoms with van der Waals surface area (Å²) in [4.78, 5) is 0. The Kier molecular flexibility index (Phi) is 17.8. The fraction of sp³-hybridized carbons (Fsp3) is 0.250. The molecule has 0 nitrogen and oxygen atoms in total. The maximum atomic E-state index is 2.12. The molecule has 17 heavy (non-hydrogen) atoms. The fourth-order valence-electron chi connectivity index (χ4n) is 0.642. The first-order valence-electron chi connectivity index (χ1n) is 5.58. The van der Waals surface area contributed by atoms with Crippen LogP contribution in [0.1, 0.15) is 27.7 Å². The van der Waals surface area contributed by atoms with Crippen LogP contribution in [0.5, 0.6) is 0 Å². The van der Waals surface area contributed by atoms with Crippen molar-refractivity contribution >= 4 is 0 Å². The Morgan fingerprint density at radius 3 is 0.588 bits per heavy atom. The predicted molar refractivity (Wildman–Crippen MR) is 72.2 cm³/mol. The van der Waals surface area contributed by atoms with Crippen LogP contribution < -0.4 is 0 Å². The third kappa shape index (κ3) is 16.9. The Hall–Kier alpha value is 0.883. The molecule has 1 heteroatoms. The second kappa shape index (κ2) is 14.9. The van der Waals surface area contributed by atoms with E-state index in [0.29, 0.717) is 0 Å². The molecule has 0 aromatic heterocycles. The summed E-state index contributed by atoms with van der Waals surface area (Å²) in [7, 11) is 0. The van der Waals surface area contributed by atoms with Gasteiger partial charge in [-0.25, -0.2) is 0 Å². The maximum absolute atomic E-state index is 2.12. The zero-order valence-electron chi connectivity index (χ0n) is 11.3. The van der Waals surface area contributed by atoms with E-state index in [-0.39, 0.29) is 26.2 Å². The molecule has 0 N–H and O–H groups in total. The van der Waals surface area contributed by atoms with Crippen LogP contribution in [0.25, 0.3) is 0 Å². The van der Waals surface area contributed by atoms with Crippen molar-refractivity contribution in [3.8, 4) is 0 Å². The van der Waals surface area contributed by atoms with Crippen molar-refractivity contribution in [3.63, 3.8) is 0 Å². The fourth-order valence-corrected chi connectivity index (χ4v) is 0.642. The molecule has 2 aliphatic carbocycles. The molecule has 2 aliphatic rings. The third-order valence-electron chi connectivity index (χ3n) is 2.11. The molecular formula is C16H22Zr. The van der Waals surface area contributed by atoms with Gasteiger partial charge in [-0.1, -0.05) is 27.7 Å². The van der Waals surface area contributed by atoms with Gasteiger partial charge in [0.25, 0.3) is 0 Å². The average molecular weight is 306 g/mol. The molecule has 0 bridgehead atoms. The summed E-state index contributed by atoms with van der Waals surface area (Å²) in [5.74, 6) is 2.85. The molecule has 0 unspecified atom stereocenters. The van der Waals surface area contributed by atoms with Gasteiger partial charge < -0.3 is 0 Å². The van der Waals surface area contributed by atoms with Crippen LogP contribution in [-0.2, 0) is 26.2 Å². The minimum Gasteiger partial charge on any atom is -0.0588 e. The van der Waals surface area contributed by atoms with Gasteiger partial charge in [-0.2, -0.15) is 0 Å². The SMILES string of the molecule is C[C](C)[C](C)C.[CH]1[CH][CH][CH][CH]1.[CH]1[CH][CH][CH][CH]1.[Zr]. The molecule has 0 aromatic carbocycles. The molecule has 2 fully saturated rings. The monoisotopic (exact) mass is 304 g/mol. The molecule has 0 atom stereocenters. The first-order valence-corrected chi connectivity index (χ1v) is 5.58. The van der Waals surface area contributed by atoms with E-state index >= 15 is 0 Å². The van der Waals surface area contributed by atoms with E-state index in [0.717, 1.165) is 0 Å². The minimum atomic E-state index is 0. The standard InChI is InChI=1S/C6H12.2C5H5.Zr/c1-5(2)6(3)4;2*1-2-4-5-3-1;/h1-4H3;2*1-5H;. The van der Waals surface area contributed by atoms with E-state index in [4.69, 9.17) is 0 Å². The van der Waals surface area contributed by atoms with E-state index in [1.54, 1.807) is 0 Å². The van der Waals surface area contributed by atoms with Crippen LogP contribution in [0.2, 0.25) is 0 Å². The van der Waals surface area contributed by atoms with Crippen molar-refractivity contribution in [1.29, 1.82) is 0 Å². The molecule has 0 heterocycles. The van der Waals surface area contributed by atoms with Crippen molar-refractivity contribution in [1.82, 2.24) is 0 Å². The van der Waals surface area contributed by atoms with Crippen molar-refractivity contribution in [2.75, 3.05) is 0 Å². The summed E-state index contributed by atoms with van der Waals surface area (Å²) in [6.45, 7) is 8.48. The molecule has 0 amide bonds. The molecule has 0 aromatic rings. The van der Waals surface area contributed by atoms with Crippen molar-refractivity contribution in [2.45, 2.75) is 27.7 Å². The average Bonchev–Trinajstić information content (AvgIpc) is 2.97. The quantitative estimate of drug-likeness (QED) is 0.679. The summed E-state index contributed by atoms with van der Waals surface area (Å²) in [5, 5.41) is 0. The molecule has 90 valence electrons. The number of rotatable bonds is 1. The molecular weight excluding hydrogens is 283 g/mol. The maximum Gasteiger partial charge on any atom is 0 e. The van der Waals surface area contributed by atoms with Gasteiger partial charge in [-0.15, -0.1) is 0 Å². The van der Waals surface area contributed by atoms with Gasteiger partial charge >= 0.3 is 0 Å². The first-order chi connectivity index (χ1) is 7.64. The molecule has 12 radical (unpaired) electrons. The van der Waals surface area contributed by atoms with E-state index < -0.39 is 0 Å². The number of hydrogen-bond donors (Lipinski definition) is 0. The summed E-state index contributed by atoms with van der Waals surface area (Å²) in [5.41, 5.74) is 0. The van der Waals surface area contributed by atoms with Gasteiger partial charge in [0, 0.05) is 26.2 Å². The molecule has 0 aliphatic heterocycles. The number of hydrogen-bond acceptors (Lipinski definition) is 0. The summed E-state index contributed by atoms with van der Waals surface area (Å²) in [6.07, 6.45) is 20.0. The Balaban J connectivity index is 0. The molecule has 2 saturated carbocycles. The van der Waals surface area contributed by atoms with Crippen LogP contribution in [0.4, 0.5) is 0 Å². The Morgan fingerprint density at radius 2 is 0.529 bits per heavy atom. The normalized spacial score (nSPS) is 18.0. The smallest absolute Gasteiger partial charge is 0 e. The van der Waals surface area contributed by atoms with Gasteiger partial charge in [0.05, 0.1) is 0 Å². The Morgan fingerprint density at radius 1 is 0.412 bits per heavy atom. The second-order valence-corrected chi connectivity index (χ2v) is 3.92. The zero-order valence-corrected chi connectivity index (χ0v) is 13.7. The summed E-state index contributed by atoms with van der Waals surface area (Å²) in [6, 6.07) is 0. The van der Waals surface area contributed by atoms with Crippen molar-refractivity contribution in [2.24, 2.45) is 0 Å². The largest absolute Gasteiger partial charge is 0.0588 e. The minimum absolute atomic E-state index is 0. The van der Waals surface area contributed by atoms with Crippen molar-refractivity contribution < 1.29 is 26.2 Å². The molecule has 0 spiro atoms. The van der Waals surface area contributed by atoms with E-state index in [1.807, 2.05) is 64.2 Å². The first kappa shape index (κ1) is 20.2. The van der Waals surface area contributed by atoms with Crippen LogP contribution >= 0.6 is 0 Å². The van der Waals surface area contributed by atoms with E-state index in [1.165, 1.54) is 11.8 Å². The van der Waals surface area contributed by atoms with Crippen LogP contribution in [-0.4, -0.2) is 0 Å². The van der Waals surface area contributed by atoms with Gasteiger partial charge in [0.2, 0.25) is 0 Å². The summed E-state index contributed by atoms with van der Waals surface area (Å²) >= 11 is 0. The topological polar surface area (TPSA) is 0 Å². The van der Waals surface area contributed by atoms with E-state index in [2.05, 4.69) is 27.7 Å². The van der Waals surface area contributed by atoms with Crippen LogP contribution in [0.15, 0.2) is 0 Å². The van der Waals surface area contributed by atoms with Gasteiger partial charge in [0.15, 0.2) is 0 Å². The molecule has 0 saturated heterocycles. The van der Waals surface area contributed by atoms with E-state index in [9.17, 15) is 0 Å².